The van der Waals surface area contributed by atoms with Crippen molar-refractivity contribution in [3.8, 4) is 0 Å². The van der Waals surface area contributed by atoms with Gasteiger partial charge in [-0.15, -0.1) is 11.6 Å². The Bertz CT molecular complexity index is 734. The Kier molecular flexibility index (Phi) is 3.45. The molecule has 3 nitrogen and oxygen atoms in total. The normalized spacial score (nSPS) is 12.8. The first-order valence-corrected chi connectivity index (χ1v) is 7.19. The monoisotopic (exact) mass is 285 g/mol. The van der Waals surface area contributed by atoms with E-state index in [9.17, 15) is 0 Å². The van der Waals surface area contributed by atoms with Crippen LogP contribution in [-0.4, -0.2) is 14.5 Å². The average Bonchev–Trinajstić information content (AvgIpc) is 2.87. The van der Waals surface area contributed by atoms with Gasteiger partial charge in [0.05, 0.1) is 11.9 Å². The largest absolute Gasteiger partial charge is 0.304 e. The molecule has 3 rings (SSSR count). The smallest absolute Gasteiger partial charge is 0.160 e. The van der Waals surface area contributed by atoms with Gasteiger partial charge >= 0.3 is 0 Å². The zero-order valence-electron chi connectivity index (χ0n) is 11.5. The molecule has 2 aromatic heterocycles. The number of rotatable bonds is 3. The molecule has 0 aliphatic carbocycles. The van der Waals surface area contributed by atoms with Crippen LogP contribution in [0.25, 0.3) is 11.2 Å². The van der Waals surface area contributed by atoms with Gasteiger partial charge in [-0.25, -0.2) is 9.97 Å². The van der Waals surface area contributed by atoms with Gasteiger partial charge in [0.15, 0.2) is 5.65 Å². The second-order valence-corrected chi connectivity index (χ2v) is 5.19. The molecular weight excluding hydrogens is 270 g/mol. The molecule has 0 aliphatic heterocycles. The van der Waals surface area contributed by atoms with E-state index >= 15 is 0 Å². The third kappa shape index (κ3) is 2.08. The molecule has 0 N–H and O–H groups in total. The van der Waals surface area contributed by atoms with Crippen molar-refractivity contribution in [2.24, 2.45) is 0 Å². The van der Waals surface area contributed by atoms with E-state index in [-0.39, 0.29) is 6.04 Å². The van der Waals surface area contributed by atoms with Crippen molar-refractivity contribution in [1.82, 2.24) is 14.5 Å². The van der Waals surface area contributed by atoms with Crippen molar-refractivity contribution in [3.63, 3.8) is 0 Å². The molecule has 0 fully saturated rings. The third-order valence-corrected chi connectivity index (χ3v) is 3.88. The minimum absolute atomic E-state index is 0.157. The summed E-state index contributed by atoms with van der Waals surface area (Å²) < 4.78 is 2.13. The first kappa shape index (κ1) is 13.1. The maximum absolute atomic E-state index is 6.08. The second-order valence-electron chi connectivity index (χ2n) is 4.92. The maximum atomic E-state index is 6.08. The molecule has 0 saturated carbocycles. The van der Waals surface area contributed by atoms with Gasteiger partial charge in [0, 0.05) is 6.20 Å². The second kappa shape index (κ2) is 5.25. The van der Waals surface area contributed by atoms with E-state index in [0.717, 1.165) is 22.6 Å². The van der Waals surface area contributed by atoms with Crippen molar-refractivity contribution in [1.29, 1.82) is 0 Å². The van der Waals surface area contributed by atoms with Crippen LogP contribution in [0.15, 0.2) is 42.6 Å². The fourth-order valence-electron chi connectivity index (χ4n) is 2.54. The lowest BCUT2D eigenvalue weighted by atomic mass is 10.1. The summed E-state index contributed by atoms with van der Waals surface area (Å²) >= 11 is 6.08. The van der Waals surface area contributed by atoms with E-state index < -0.39 is 0 Å². The van der Waals surface area contributed by atoms with Gasteiger partial charge in [0.2, 0.25) is 0 Å². The van der Waals surface area contributed by atoms with E-state index in [1.54, 1.807) is 0 Å². The third-order valence-electron chi connectivity index (χ3n) is 3.64. The number of benzene rings is 1. The molecule has 1 atom stereocenters. The maximum Gasteiger partial charge on any atom is 0.160 e. The van der Waals surface area contributed by atoms with E-state index in [2.05, 4.69) is 33.6 Å². The first-order chi connectivity index (χ1) is 9.72. The summed E-state index contributed by atoms with van der Waals surface area (Å²) in [6.07, 6.45) is 1.82. The molecule has 2 heterocycles. The zero-order chi connectivity index (χ0) is 14.1. The predicted octanol–water partition coefficient (Wildman–Crippen LogP) is 4.09. The van der Waals surface area contributed by atoms with Crippen molar-refractivity contribution >= 4 is 22.8 Å². The highest BCUT2D eigenvalue weighted by atomic mass is 35.5. The molecule has 1 unspecified atom stereocenters. The number of fused-ring (bicyclic) bond motifs is 1. The Balaban J connectivity index is 2.22. The van der Waals surface area contributed by atoms with Crippen LogP contribution in [0, 0.1) is 6.92 Å². The van der Waals surface area contributed by atoms with Crippen molar-refractivity contribution in [2.45, 2.75) is 25.8 Å². The van der Waals surface area contributed by atoms with Crippen molar-refractivity contribution < 1.29 is 0 Å². The Morgan fingerprint density at radius 3 is 2.65 bits per heavy atom. The highest BCUT2D eigenvalue weighted by Gasteiger charge is 2.18. The van der Waals surface area contributed by atoms with Gasteiger partial charge in [-0.3, -0.25) is 0 Å². The summed E-state index contributed by atoms with van der Waals surface area (Å²) in [5, 5.41) is 0. The van der Waals surface area contributed by atoms with Gasteiger partial charge in [-0.05, 0) is 31.0 Å². The predicted molar refractivity (Wildman–Crippen MR) is 82.1 cm³/mol. The molecule has 102 valence electrons. The molecule has 0 aliphatic rings. The highest BCUT2D eigenvalue weighted by molar-refractivity contribution is 6.16. The van der Waals surface area contributed by atoms with Crippen molar-refractivity contribution in [2.75, 3.05) is 0 Å². The van der Waals surface area contributed by atoms with E-state index in [0.29, 0.717) is 5.88 Å². The molecule has 1 aromatic carbocycles. The molecule has 4 heteroatoms. The van der Waals surface area contributed by atoms with E-state index in [1.165, 1.54) is 5.56 Å². The number of imidazole rings is 1. The number of aryl methyl sites for hydroxylation is 1. The molecular formula is C16H16ClN3. The minimum Gasteiger partial charge on any atom is -0.304 e. The van der Waals surface area contributed by atoms with Crippen LogP contribution in [-0.2, 0) is 5.88 Å². The number of pyridine rings is 1. The topological polar surface area (TPSA) is 30.7 Å². The van der Waals surface area contributed by atoms with E-state index in [1.807, 2.05) is 37.4 Å². The highest BCUT2D eigenvalue weighted by Crippen LogP contribution is 2.26. The number of hydrogen-bond acceptors (Lipinski definition) is 2. The van der Waals surface area contributed by atoms with Gasteiger partial charge < -0.3 is 4.57 Å². The van der Waals surface area contributed by atoms with Crippen LogP contribution in [0.1, 0.15) is 29.9 Å². The Morgan fingerprint density at radius 2 is 1.95 bits per heavy atom. The lowest BCUT2D eigenvalue weighted by Crippen LogP contribution is -2.10. The lowest BCUT2D eigenvalue weighted by Gasteiger charge is -2.16. The Labute approximate surface area is 123 Å². The molecule has 0 saturated heterocycles. The first-order valence-electron chi connectivity index (χ1n) is 6.65. The van der Waals surface area contributed by atoms with Crippen LogP contribution in [0.4, 0.5) is 0 Å². The number of halogens is 1. The minimum atomic E-state index is 0.157. The Hall–Kier alpha value is -1.87. The van der Waals surface area contributed by atoms with Crippen molar-refractivity contribution in [3.05, 3.63) is 59.5 Å². The quantitative estimate of drug-likeness (QED) is 0.679. The molecule has 0 amide bonds. The van der Waals surface area contributed by atoms with Gasteiger partial charge in [0.25, 0.3) is 0 Å². The summed E-state index contributed by atoms with van der Waals surface area (Å²) in [4.78, 5) is 9.14. The van der Waals surface area contributed by atoms with Gasteiger partial charge in [-0.1, -0.05) is 30.3 Å². The summed E-state index contributed by atoms with van der Waals surface area (Å²) in [5.74, 6) is 1.24. The fraction of sp³-hybridized carbons (Fsp3) is 0.250. The zero-order valence-corrected chi connectivity index (χ0v) is 12.3. The van der Waals surface area contributed by atoms with Crippen LogP contribution in [0.5, 0.6) is 0 Å². The summed E-state index contributed by atoms with van der Waals surface area (Å²) in [6, 6.07) is 12.5. The summed E-state index contributed by atoms with van der Waals surface area (Å²) in [5.41, 5.74) is 4.18. The number of nitrogens with zero attached hydrogens (tertiary/aromatic N) is 3. The molecule has 20 heavy (non-hydrogen) atoms. The average molecular weight is 286 g/mol. The summed E-state index contributed by atoms with van der Waals surface area (Å²) in [7, 11) is 0. The van der Waals surface area contributed by atoms with Gasteiger partial charge in [-0.2, -0.15) is 0 Å². The summed E-state index contributed by atoms with van der Waals surface area (Å²) in [6.45, 7) is 4.20. The molecule has 0 bridgehead atoms. The number of alkyl halides is 1. The van der Waals surface area contributed by atoms with Crippen LogP contribution < -0.4 is 0 Å². The number of aromatic nitrogens is 3. The molecule has 3 aromatic rings. The van der Waals surface area contributed by atoms with Crippen LogP contribution in [0.2, 0.25) is 0 Å². The SMILES string of the molecule is Cc1ccnc2c1nc(CCl)n2C(C)c1ccccc1. The molecule has 0 radical (unpaired) electrons. The molecule has 0 spiro atoms. The fourth-order valence-corrected chi connectivity index (χ4v) is 2.73. The van der Waals surface area contributed by atoms with Gasteiger partial charge in [0.1, 0.15) is 11.3 Å². The van der Waals surface area contributed by atoms with Crippen LogP contribution in [0.3, 0.4) is 0 Å². The standard InChI is InChI=1S/C16H16ClN3/c1-11-8-9-18-16-15(11)19-14(10-17)20(16)12(2)13-6-4-3-5-7-13/h3-9,12H,10H2,1-2H3. The Morgan fingerprint density at radius 1 is 1.20 bits per heavy atom. The van der Waals surface area contributed by atoms with E-state index in [4.69, 9.17) is 11.6 Å². The number of hydrogen-bond donors (Lipinski definition) is 0. The lowest BCUT2D eigenvalue weighted by molar-refractivity contribution is 0.629. The van der Waals surface area contributed by atoms with Crippen LogP contribution >= 0.6 is 11.6 Å².